The fourth-order valence-corrected chi connectivity index (χ4v) is 6.80. The molecule has 0 heterocycles. The molecule has 0 spiro atoms. The van der Waals surface area contributed by atoms with Gasteiger partial charge in [-0.2, -0.15) is 0 Å². The van der Waals surface area contributed by atoms with Crippen LogP contribution in [-0.2, 0) is 28.6 Å². The third-order valence-electron chi connectivity index (χ3n) is 10.3. The molecule has 6 heteroatoms. The molecule has 0 aromatic rings. The molecular formula is C46H88O6. The molecule has 0 radical (unpaired) electrons. The van der Waals surface area contributed by atoms with Crippen LogP contribution in [0.5, 0.6) is 0 Å². The molecule has 0 rings (SSSR count). The second kappa shape index (κ2) is 40.6. The predicted octanol–water partition coefficient (Wildman–Crippen LogP) is 14.3. The first-order valence-corrected chi connectivity index (χ1v) is 22.9. The lowest BCUT2D eigenvalue weighted by Crippen LogP contribution is -2.30. The van der Waals surface area contributed by atoms with Crippen LogP contribution in [0.4, 0.5) is 0 Å². The quantitative estimate of drug-likeness (QED) is 0.0353. The number of esters is 3. The van der Waals surface area contributed by atoms with Gasteiger partial charge in [-0.15, -0.1) is 0 Å². The average molecular weight is 737 g/mol. The van der Waals surface area contributed by atoms with Crippen molar-refractivity contribution in [3.05, 3.63) is 0 Å². The number of hydrogen-bond acceptors (Lipinski definition) is 6. The lowest BCUT2D eigenvalue weighted by atomic mass is 10.0. The normalized spacial score (nSPS) is 11.9. The molecule has 6 nitrogen and oxygen atoms in total. The summed E-state index contributed by atoms with van der Waals surface area (Å²) in [6.07, 6.45) is 39.4. The zero-order valence-corrected chi connectivity index (χ0v) is 35.3. The van der Waals surface area contributed by atoms with Crippen molar-refractivity contribution in [2.45, 2.75) is 259 Å². The maximum Gasteiger partial charge on any atom is 0.306 e. The minimum Gasteiger partial charge on any atom is -0.462 e. The van der Waals surface area contributed by atoms with Gasteiger partial charge in [0.05, 0.1) is 0 Å². The third kappa shape index (κ3) is 39.6. The van der Waals surface area contributed by atoms with Crippen LogP contribution in [0.15, 0.2) is 0 Å². The molecule has 1 atom stereocenters. The van der Waals surface area contributed by atoms with E-state index in [9.17, 15) is 14.4 Å². The van der Waals surface area contributed by atoms with Gasteiger partial charge >= 0.3 is 17.9 Å². The molecule has 0 aliphatic carbocycles. The van der Waals surface area contributed by atoms with E-state index in [1.807, 2.05) is 0 Å². The summed E-state index contributed by atoms with van der Waals surface area (Å²) in [7, 11) is 0. The highest BCUT2D eigenvalue weighted by atomic mass is 16.6. The van der Waals surface area contributed by atoms with Crippen LogP contribution in [-0.4, -0.2) is 37.2 Å². The molecule has 0 saturated carbocycles. The van der Waals surface area contributed by atoms with E-state index >= 15 is 0 Å². The van der Waals surface area contributed by atoms with Gasteiger partial charge in [0.2, 0.25) is 0 Å². The highest BCUT2D eigenvalue weighted by Crippen LogP contribution is 2.16. The van der Waals surface area contributed by atoms with Crippen LogP contribution in [0.2, 0.25) is 0 Å². The molecule has 52 heavy (non-hydrogen) atoms. The van der Waals surface area contributed by atoms with E-state index in [0.29, 0.717) is 19.3 Å². The Morgan fingerprint density at radius 3 is 0.942 bits per heavy atom. The summed E-state index contributed by atoms with van der Waals surface area (Å²) in [6, 6.07) is 0. The largest absolute Gasteiger partial charge is 0.462 e. The zero-order chi connectivity index (χ0) is 38.2. The lowest BCUT2D eigenvalue weighted by Gasteiger charge is -2.18. The fourth-order valence-electron chi connectivity index (χ4n) is 6.80. The number of rotatable bonds is 41. The Bertz CT molecular complexity index is 781. The summed E-state index contributed by atoms with van der Waals surface area (Å²) in [4.78, 5) is 37.7. The van der Waals surface area contributed by atoms with Crippen molar-refractivity contribution >= 4 is 17.9 Å². The first kappa shape index (κ1) is 50.4. The topological polar surface area (TPSA) is 78.9 Å². The van der Waals surface area contributed by atoms with Crippen molar-refractivity contribution in [1.29, 1.82) is 0 Å². The Morgan fingerprint density at radius 2 is 0.635 bits per heavy atom. The second-order valence-corrected chi connectivity index (χ2v) is 16.2. The van der Waals surface area contributed by atoms with Crippen molar-refractivity contribution in [3.63, 3.8) is 0 Å². The van der Waals surface area contributed by atoms with Gasteiger partial charge in [-0.1, -0.05) is 214 Å². The summed E-state index contributed by atoms with van der Waals surface area (Å²) < 4.78 is 16.7. The SMILES string of the molecule is CCCCCCCCCCCCCCCC(=O)OC[C@@H](COC(=O)CCCCCCCCCCCC)OC(=O)CCCCCCCCCCC(C)C. The fraction of sp³-hybridized carbons (Fsp3) is 0.935. The lowest BCUT2D eigenvalue weighted by molar-refractivity contribution is -0.167. The molecule has 308 valence electrons. The van der Waals surface area contributed by atoms with E-state index in [1.54, 1.807) is 0 Å². The standard InChI is InChI=1S/C46H88O6/c1-5-7-9-11-13-15-17-18-19-21-26-30-34-38-45(48)51-41-43(40-50-44(47)37-33-29-25-20-16-14-12-10-8-6-2)52-46(49)39-35-31-27-23-22-24-28-32-36-42(3)4/h42-43H,5-41H2,1-4H3/t43-/m1/s1. The monoisotopic (exact) mass is 737 g/mol. The van der Waals surface area contributed by atoms with Crippen molar-refractivity contribution in [2.24, 2.45) is 5.92 Å². The van der Waals surface area contributed by atoms with Crippen LogP contribution in [0.1, 0.15) is 252 Å². The average Bonchev–Trinajstić information content (AvgIpc) is 3.12. The van der Waals surface area contributed by atoms with Gasteiger partial charge in [0, 0.05) is 19.3 Å². The van der Waals surface area contributed by atoms with Gasteiger partial charge in [0.1, 0.15) is 13.2 Å². The highest BCUT2D eigenvalue weighted by Gasteiger charge is 2.19. The van der Waals surface area contributed by atoms with Crippen molar-refractivity contribution in [2.75, 3.05) is 13.2 Å². The minimum absolute atomic E-state index is 0.0641. The van der Waals surface area contributed by atoms with E-state index in [-0.39, 0.29) is 31.1 Å². The molecule has 0 unspecified atom stereocenters. The Hall–Kier alpha value is -1.59. The Morgan fingerprint density at radius 1 is 0.365 bits per heavy atom. The molecule has 0 amide bonds. The molecule has 0 bridgehead atoms. The molecular weight excluding hydrogens is 648 g/mol. The maximum atomic E-state index is 12.7. The van der Waals surface area contributed by atoms with E-state index in [2.05, 4.69) is 27.7 Å². The Labute approximate surface area is 323 Å². The van der Waals surface area contributed by atoms with Crippen LogP contribution >= 0.6 is 0 Å². The van der Waals surface area contributed by atoms with Crippen molar-refractivity contribution < 1.29 is 28.6 Å². The minimum atomic E-state index is -0.759. The van der Waals surface area contributed by atoms with Gasteiger partial charge in [0.25, 0.3) is 0 Å². The van der Waals surface area contributed by atoms with Crippen LogP contribution in [0.3, 0.4) is 0 Å². The van der Waals surface area contributed by atoms with E-state index in [1.165, 1.54) is 148 Å². The van der Waals surface area contributed by atoms with E-state index < -0.39 is 6.10 Å². The number of ether oxygens (including phenoxy) is 3. The maximum absolute atomic E-state index is 12.7. The summed E-state index contributed by atoms with van der Waals surface area (Å²) in [5.41, 5.74) is 0. The van der Waals surface area contributed by atoms with Crippen LogP contribution < -0.4 is 0 Å². The van der Waals surface area contributed by atoms with Crippen molar-refractivity contribution in [3.8, 4) is 0 Å². The van der Waals surface area contributed by atoms with Gasteiger partial charge in [-0.05, 0) is 25.2 Å². The predicted molar refractivity (Wildman–Crippen MR) is 220 cm³/mol. The highest BCUT2D eigenvalue weighted by molar-refractivity contribution is 5.71. The van der Waals surface area contributed by atoms with Crippen LogP contribution in [0.25, 0.3) is 0 Å². The molecule has 0 saturated heterocycles. The first-order valence-electron chi connectivity index (χ1n) is 22.9. The van der Waals surface area contributed by atoms with E-state index in [4.69, 9.17) is 14.2 Å². The number of carbonyl (C=O) groups excluding carboxylic acids is 3. The molecule has 0 fully saturated rings. The number of hydrogen-bond donors (Lipinski definition) is 0. The summed E-state index contributed by atoms with van der Waals surface area (Å²) >= 11 is 0. The Balaban J connectivity index is 4.32. The van der Waals surface area contributed by atoms with Gasteiger partial charge in [-0.25, -0.2) is 0 Å². The molecule has 0 aliphatic heterocycles. The van der Waals surface area contributed by atoms with E-state index in [0.717, 1.165) is 63.7 Å². The summed E-state index contributed by atoms with van der Waals surface area (Å²) in [6.45, 7) is 8.95. The second-order valence-electron chi connectivity index (χ2n) is 16.2. The third-order valence-corrected chi connectivity index (χ3v) is 10.3. The van der Waals surface area contributed by atoms with Crippen LogP contribution in [0, 0.1) is 5.92 Å². The Kier molecular flexibility index (Phi) is 39.4. The van der Waals surface area contributed by atoms with Crippen molar-refractivity contribution in [1.82, 2.24) is 0 Å². The molecule has 0 N–H and O–H groups in total. The summed E-state index contributed by atoms with van der Waals surface area (Å²) in [5, 5.41) is 0. The molecule has 0 aromatic carbocycles. The molecule has 0 aromatic heterocycles. The smallest absolute Gasteiger partial charge is 0.306 e. The number of unbranched alkanes of at least 4 members (excludes halogenated alkanes) is 28. The summed E-state index contributed by atoms with van der Waals surface area (Å²) in [5.74, 6) is -0.0631. The van der Waals surface area contributed by atoms with Gasteiger partial charge < -0.3 is 14.2 Å². The number of carbonyl (C=O) groups is 3. The first-order chi connectivity index (χ1) is 25.4. The molecule has 0 aliphatic rings. The van der Waals surface area contributed by atoms with Gasteiger partial charge in [-0.3, -0.25) is 14.4 Å². The zero-order valence-electron chi connectivity index (χ0n) is 35.3. The van der Waals surface area contributed by atoms with Gasteiger partial charge in [0.15, 0.2) is 6.10 Å².